The zero-order valence-electron chi connectivity index (χ0n) is 11.9. The van der Waals surface area contributed by atoms with E-state index >= 15 is 0 Å². The summed E-state index contributed by atoms with van der Waals surface area (Å²) < 4.78 is 24.2. The highest BCUT2D eigenvalue weighted by Gasteiger charge is 2.20. The summed E-state index contributed by atoms with van der Waals surface area (Å²) in [5.41, 5.74) is 0.884. The van der Waals surface area contributed by atoms with Gasteiger partial charge in [0.15, 0.2) is 5.82 Å². The lowest BCUT2D eigenvalue weighted by Gasteiger charge is -2.18. The molecule has 0 unspecified atom stereocenters. The number of hydrogen-bond donors (Lipinski definition) is 1. The molecule has 0 spiro atoms. The van der Waals surface area contributed by atoms with Crippen LogP contribution in [0.3, 0.4) is 0 Å². The van der Waals surface area contributed by atoms with Crippen LogP contribution in [0.5, 0.6) is 5.75 Å². The van der Waals surface area contributed by atoms with Crippen molar-refractivity contribution in [2.24, 2.45) is 0 Å². The van der Waals surface area contributed by atoms with Gasteiger partial charge in [0.05, 0.1) is 6.61 Å². The van der Waals surface area contributed by atoms with Gasteiger partial charge in [-0.2, -0.15) is 4.98 Å². The number of fused-ring (bicyclic) bond motifs is 1. The standard InChI is InChI=1S/C15H18FN3O2/c1-10-18-15(21-19-10)6-7-17-13-3-2-8-20-14-5-4-11(16)9-12(13)14/h4-5,9,13,17H,2-3,6-8H2,1H3/t13-/m1/s1. The van der Waals surface area contributed by atoms with Gasteiger partial charge in [-0.3, -0.25) is 0 Å². The van der Waals surface area contributed by atoms with Gasteiger partial charge in [-0.1, -0.05) is 5.16 Å². The molecular weight excluding hydrogens is 273 g/mol. The molecule has 1 N–H and O–H groups in total. The maximum Gasteiger partial charge on any atom is 0.227 e. The molecule has 0 bridgehead atoms. The van der Waals surface area contributed by atoms with Gasteiger partial charge in [0.2, 0.25) is 5.89 Å². The van der Waals surface area contributed by atoms with Crippen LogP contribution >= 0.6 is 0 Å². The lowest BCUT2D eigenvalue weighted by Crippen LogP contribution is -2.23. The molecule has 0 radical (unpaired) electrons. The molecule has 0 aliphatic carbocycles. The summed E-state index contributed by atoms with van der Waals surface area (Å²) >= 11 is 0. The quantitative estimate of drug-likeness (QED) is 0.938. The number of benzene rings is 1. The van der Waals surface area contributed by atoms with E-state index in [9.17, 15) is 4.39 Å². The largest absolute Gasteiger partial charge is 0.493 e. The number of ether oxygens (including phenoxy) is 1. The predicted molar refractivity (Wildman–Crippen MR) is 74.6 cm³/mol. The van der Waals surface area contributed by atoms with Crippen LogP contribution in [0.25, 0.3) is 0 Å². The van der Waals surface area contributed by atoms with E-state index in [0.717, 1.165) is 24.2 Å². The highest BCUT2D eigenvalue weighted by molar-refractivity contribution is 5.37. The van der Waals surface area contributed by atoms with Gasteiger partial charge in [0.1, 0.15) is 11.6 Å². The van der Waals surface area contributed by atoms with Gasteiger partial charge in [-0.15, -0.1) is 0 Å². The average Bonchev–Trinajstić information content (AvgIpc) is 2.77. The molecule has 6 heteroatoms. The maximum absolute atomic E-state index is 13.5. The van der Waals surface area contributed by atoms with E-state index in [4.69, 9.17) is 9.26 Å². The van der Waals surface area contributed by atoms with E-state index in [1.54, 1.807) is 19.1 Å². The predicted octanol–water partition coefficient (Wildman–Crippen LogP) is 2.56. The van der Waals surface area contributed by atoms with E-state index < -0.39 is 0 Å². The van der Waals surface area contributed by atoms with Crippen molar-refractivity contribution in [1.29, 1.82) is 0 Å². The molecule has 112 valence electrons. The van der Waals surface area contributed by atoms with Crippen LogP contribution in [0.2, 0.25) is 0 Å². The second kappa shape index (κ2) is 6.22. The highest BCUT2D eigenvalue weighted by Crippen LogP contribution is 2.31. The minimum Gasteiger partial charge on any atom is -0.493 e. The fourth-order valence-electron chi connectivity index (χ4n) is 2.56. The van der Waals surface area contributed by atoms with Crippen molar-refractivity contribution < 1.29 is 13.7 Å². The Morgan fingerprint density at radius 2 is 2.33 bits per heavy atom. The molecule has 1 aliphatic heterocycles. The van der Waals surface area contributed by atoms with E-state index in [0.29, 0.717) is 31.3 Å². The second-order valence-electron chi connectivity index (χ2n) is 5.16. The Morgan fingerprint density at radius 3 is 3.14 bits per heavy atom. The summed E-state index contributed by atoms with van der Waals surface area (Å²) in [6.45, 7) is 3.16. The van der Waals surface area contributed by atoms with Crippen molar-refractivity contribution in [1.82, 2.24) is 15.5 Å². The number of hydrogen-bond acceptors (Lipinski definition) is 5. The number of nitrogens with zero attached hydrogens (tertiary/aromatic N) is 2. The van der Waals surface area contributed by atoms with Gasteiger partial charge in [-0.25, -0.2) is 4.39 Å². The third-order valence-electron chi connectivity index (χ3n) is 3.54. The van der Waals surface area contributed by atoms with Crippen LogP contribution in [0.1, 0.15) is 36.2 Å². The number of aromatic nitrogens is 2. The molecule has 0 fully saturated rings. The Kier molecular flexibility index (Phi) is 4.15. The molecule has 2 heterocycles. The van der Waals surface area contributed by atoms with Gasteiger partial charge in [0, 0.05) is 24.6 Å². The van der Waals surface area contributed by atoms with Crippen molar-refractivity contribution >= 4 is 0 Å². The summed E-state index contributed by atoms with van der Waals surface area (Å²) in [7, 11) is 0. The van der Waals surface area contributed by atoms with Crippen LogP contribution < -0.4 is 10.1 Å². The smallest absolute Gasteiger partial charge is 0.227 e. The molecule has 21 heavy (non-hydrogen) atoms. The van der Waals surface area contributed by atoms with Crippen molar-refractivity contribution in [3.05, 3.63) is 41.3 Å². The summed E-state index contributed by atoms with van der Waals surface area (Å²) in [4.78, 5) is 4.17. The Hall–Kier alpha value is -1.95. The number of aryl methyl sites for hydroxylation is 1. The lowest BCUT2D eigenvalue weighted by atomic mass is 10.0. The molecular formula is C15H18FN3O2. The van der Waals surface area contributed by atoms with E-state index in [1.165, 1.54) is 6.07 Å². The number of nitrogens with one attached hydrogen (secondary N) is 1. The molecule has 2 aromatic rings. The monoisotopic (exact) mass is 291 g/mol. The highest BCUT2D eigenvalue weighted by atomic mass is 19.1. The molecule has 0 saturated heterocycles. The molecule has 5 nitrogen and oxygen atoms in total. The van der Waals surface area contributed by atoms with Crippen molar-refractivity contribution in [2.75, 3.05) is 13.2 Å². The Bertz CT molecular complexity index is 615. The zero-order chi connectivity index (χ0) is 14.7. The number of halogens is 1. The van der Waals surface area contributed by atoms with Crippen LogP contribution in [0.4, 0.5) is 4.39 Å². The van der Waals surface area contributed by atoms with Crippen LogP contribution in [-0.2, 0) is 6.42 Å². The summed E-state index contributed by atoms with van der Waals surface area (Å²) in [5, 5.41) is 7.19. The topological polar surface area (TPSA) is 60.2 Å². The average molecular weight is 291 g/mol. The first kappa shape index (κ1) is 14.0. The molecule has 0 saturated carbocycles. The number of rotatable bonds is 4. The second-order valence-corrected chi connectivity index (χ2v) is 5.16. The van der Waals surface area contributed by atoms with Crippen molar-refractivity contribution in [3.8, 4) is 5.75 Å². The fourth-order valence-corrected chi connectivity index (χ4v) is 2.56. The molecule has 1 aromatic heterocycles. The molecule has 0 amide bonds. The van der Waals surface area contributed by atoms with E-state index in [2.05, 4.69) is 15.5 Å². The minimum absolute atomic E-state index is 0.0854. The van der Waals surface area contributed by atoms with E-state index in [-0.39, 0.29) is 11.9 Å². The van der Waals surface area contributed by atoms with Crippen LogP contribution in [0, 0.1) is 12.7 Å². The molecule has 1 aliphatic rings. The van der Waals surface area contributed by atoms with Crippen molar-refractivity contribution in [3.63, 3.8) is 0 Å². The molecule has 3 rings (SSSR count). The third-order valence-corrected chi connectivity index (χ3v) is 3.54. The first-order valence-corrected chi connectivity index (χ1v) is 7.17. The fraction of sp³-hybridized carbons (Fsp3) is 0.467. The van der Waals surface area contributed by atoms with Crippen LogP contribution in [0.15, 0.2) is 22.7 Å². The Morgan fingerprint density at radius 1 is 1.43 bits per heavy atom. The zero-order valence-corrected chi connectivity index (χ0v) is 11.9. The summed E-state index contributed by atoms with van der Waals surface area (Å²) in [5.74, 6) is 1.78. The van der Waals surface area contributed by atoms with Gasteiger partial charge >= 0.3 is 0 Å². The lowest BCUT2D eigenvalue weighted by molar-refractivity contribution is 0.314. The molecule has 1 atom stereocenters. The first-order chi connectivity index (χ1) is 10.2. The van der Waals surface area contributed by atoms with Crippen LogP contribution in [-0.4, -0.2) is 23.3 Å². The third kappa shape index (κ3) is 3.39. The normalized spacial score (nSPS) is 17.9. The van der Waals surface area contributed by atoms with Gasteiger partial charge in [0.25, 0.3) is 0 Å². The summed E-state index contributed by atoms with van der Waals surface area (Å²) in [6, 6.07) is 4.77. The van der Waals surface area contributed by atoms with Crippen molar-refractivity contribution in [2.45, 2.75) is 32.2 Å². The van der Waals surface area contributed by atoms with Gasteiger partial charge < -0.3 is 14.6 Å². The first-order valence-electron chi connectivity index (χ1n) is 7.17. The van der Waals surface area contributed by atoms with Gasteiger partial charge in [-0.05, 0) is 38.0 Å². The minimum atomic E-state index is -0.237. The molecule has 1 aromatic carbocycles. The Labute approximate surface area is 122 Å². The maximum atomic E-state index is 13.5. The Balaban J connectivity index is 1.66. The SMILES string of the molecule is Cc1noc(CCN[C@@H]2CCCOc3ccc(F)cc32)n1. The summed E-state index contributed by atoms with van der Waals surface area (Å²) in [6.07, 6.45) is 2.51. The van der Waals surface area contributed by atoms with E-state index in [1.807, 2.05) is 0 Å².